The molecule has 7 nitrogen and oxygen atoms in total. The number of carbonyl (C=O) groups excluding carboxylic acids is 1. The number of methoxy groups -OCH3 is 1. The fourth-order valence-electron chi connectivity index (χ4n) is 4.19. The largest absolute Gasteiger partial charge is 0.491 e. The number of nitrogens with one attached hydrogen (secondary N) is 2. The molecular weight excluding hydrogens is 370 g/mol. The van der Waals surface area contributed by atoms with Gasteiger partial charge in [-0.3, -0.25) is 9.59 Å². The molecule has 2 bridgehead atoms. The molecule has 3 heterocycles. The maximum Gasteiger partial charge on any atom is 0.263 e. The van der Waals surface area contributed by atoms with Crippen molar-refractivity contribution in [1.29, 1.82) is 0 Å². The van der Waals surface area contributed by atoms with Gasteiger partial charge < -0.3 is 24.7 Å². The van der Waals surface area contributed by atoms with Gasteiger partial charge in [0.1, 0.15) is 17.9 Å². The van der Waals surface area contributed by atoms with E-state index in [9.17, 15) is 9.59 Å². The second-order valence-electron chi connectivity index (χ2n) is 7.71. The number of benzene rings is 1. The highest BCUT2D eigenvalue weighted by atomic mass is 16.5. The van der Waals surface area contributed by atoms with Gasteiger partial charge in [0.05, 0.1) is 6.61 Å². The molecule has 1 fully saturated rings. The number of hydrogen-bond acceptors (Lipinski definition) is 5. The number of pyridine rings is 1. The second kappa shape index (κ2) is 8.80. The number of hydrogen-bond donors (Lipinski definition) is 2. The zero-order valence-corrected chi connectivity index (χ0v) is 16.6. The standard InChI is InChI=1S/C22H27N3O4/c1-28-8-9-29-18-4-2-15(3-5-18)12-24-21(26)19-6-7-20-17-10-16(11-23-13-17)14-25(20)22(19)27/h2-7,16-17,23H,8-14H2,1H3,(H,24,26)/t16-,17+/m0/s1. The van der Waals surface area contributed by atoms with Gasteiger partial charge in [-0.05, 0) is 48.7 Å². The Kier molecular flexibility index (Phi) is 5.97. The number of rotatable bonds is 7. The highest BCUT2D eigenvalue weighted by Gasteiger charge is 2.31. The van der Waals surface area contributed by atoms with Gasteiger partial charge in [-0.25, -0.2) is 0 Å². The van der Waals surface area contributed by atoms with Crippen molar-refractivity contribution in [1.82, 2.24) is 15.2 Å². The summed E-state index contributed by atoms with van der Waals surface area (Å²) in [5.74, 6) is 1.24. The minimum atomic E-state index is -0.334. The van der Waals surface area contributed by atoms with Crippen molar-refractivity contribution in [3.05, 3.63) is 63.6 Å². The van der Waals surface area contributed by atoms with Gasteiger partial charge in [-0.15, -0.1) is 0 Å². The van der Waals surface area contributed by atoms with Crippen molar-refractivity contribution in [3.8, 4) is 5.75 Å². The maximum absolute atomic E-state index is 12.9. The van der Waals surface area contributed by atoms with Crippen LogP contribution in [-0.2, 0) is 17.8 Å². The summed E-state index contributed by atoms with van der Waals surface area (Å²) in [6, 6.07) is 11.1. The van der Waals surface area contributed by atoms with Crippen molar-refractivity contribution in [2.75, 3.05) is 33.4 Å². The number of piperidine rings is 1. The van der Waals surface area contributed by atoms with Crippen molar-refractivity contribution < 1.29 is 14.3 Å². The predicted molar refractivity (Wildman–Crippen MR) is 109 cm³/mol. The summed E-state index contributed by atoms with van der Waals surface area (Å²) in [6.45, 7) is 3.90. The summed E-state index contributed by atoms with van der Waals surface area (Å²) in [5.41, 5.74) is 2.01. The van der Waals surface area contributed by atoms with E-state index >= 15 is 0 Å². The van der Waals surface area contributed by atoms with Gasteiger partial charge in [0, 0.05) is 38.4 Å². The summed E-state index contributed by atoms with van der Waals surface area (Å²) >= 11 is 0. The number of aromatic nitrogens is 1. The molecule has 0 unspecified atom stereocenters. The fourth-order valence-corrected chi connectivity index (χ4v) is 4.19. The van der Waals surface area contributed by atoms with E-state index in [1.165, 1.54) is 0 Å². The molecule has 4 rings (SSSR count). The third kappa shape index (κ3) is 4.36. The van der Waals surface area contributed by atoms with Gasteiger partial charge in [0.15, 0.2) is 0 Å². The van der Waals surface area contributed by atoms with Crippen LogP contribution in [0.5, 0.6) is 5.75 Å². The van der Waals surface area contributed by atoms with Crippen LogP contribution in [0.4, 0.5) is 0 Å². The van der Waals surface area contributed by atoms with Gasteiger partial charge >= 0.3 is 0 Å². The van der Waals surface area contributed by atoms with Crippen LogP contribution in [0.2, 0.25) is 0 Å². The van der Waals surface area contributed by atoms with Crippen molar-refractivity contribution in [2.45, 2.75) is 25.4 Å². The van der Waals surface area contributed by atoms with Gasteiger partial charge in [-0.2, -0.15) is 0 Å². The molecule has 0 aliphatic carbocycles. The lowest BCUT2D eigenvalue weighted by Gasteiger charge is -2.37. The average molecular weight is 397 g/mol. The first kappa shape index (κ1) is 19.7. The molecule has 1 amide bonds. The minimum Gasteiger partial charge on any atom is -0.491 e. The molecule has 2 aliphatic heterocycles. The normalized spacial score (nSPS) is 20.0. The second-order valence-corrected chi connectivity index (χ2v) is 7.71. The highest BCUT2D eigenvalue weighted by Crippen LogP contribution is 2.31. The molecule has 29 heavy (non-hydrogen) atoms. The molecule has 2 atom stereocenters. The molecule has 1 aromatic carbocycles. The monoisotopic (exact) mass is 397 g/mol. The maximum atomic E-state index is 12.9. The molecule has 0 radical (unpaired) electrons. The summed E-state index contributed by atoms with van der Waals surface area (Å²) in [6.07, 6.45) is 1.11. The number of nitrogens with zero attached hydrogens (tertiary/aromatic N) is 1. The first-order valence-corrected chi connectivity index (χ1v) is 10.1. The molecule has 1 aromatic heterocycles. The number of carbonyl (C=O) groups is 1. The number of amides is 1. The smallest absolute Gasteiger partial charge is 0.263 e. The summed E-state index contributed by atoms with van der Waals surface area (Å²) in [4.78, 5) is 25.6. The van der Waals surface area contributed by atoms with Gasteiger partial charge in [-0.1, -0.05) is 12.1 Å². The van der Waals surface area contributed by atoms with Crippen molar-refractivity contribution in [3.63, 3.8) is 0 Å². The zero-order valence-electron chi connectivity index (χ0n) is 16.6. The Morgan fingerprint density at radius 3 is 2.79 bits per heavy atom. The van der Waals surface area contributed by atoms with Crippen LogP contribution in [0.15, 0.2) is 41.2 Å². The van der Waals surface area contributed by atoms with Crippen LogP contribution >= 0.6 is 0 Å². The molecule has 0 saturated carbocycles. The van der Waals surface area contributed by atoms with E-state index in [-0.39, 0.29) is 17.0 Å². The summed E-state index contributed by atoms with van der Waals surface area (Å²) in [5, 5.41) is 6.29. The van der Waals surface area contributed by atoms with Crippen LogP contribution in [0, 0.1) is 5.92 Å². The fraction of sp³-hybridized carbons (Fsp3) is 0.455. The van der Waals surface area contributed by atoms with Crippen LogP contribution in [0.25, 0.3) is 0 Å². The molecule has 0 spiro atoms. The quantitative estimate of drug-likeness (QED) is 0.692. The predicted octanol–water partition coefficient (Wildman–Crippen LogP) is 1.51. The van der Waals surface area contributed by atoms with Crippen LogP contribution in [0.1, 0.15) is 34.0 Å². The first-order chi connectivity index (χ1) is 14.2. The number of fused-ring (bicyclic) bond motifs is 4. The zero-order chi connectivity index (χ0) is 20.2. The molecule has 2 N–H and O–H groups in total. The average Bonchev–Trinajstić information content (AvgIpc) is 2.74. The van der Waals surface area contributed by atoms with Crippen molar-refractivity contribution in [2.24, 2.45) is 5.92 Å². The summed E-state index contributed by atoms with van der Waals surface area (Å²) in [7, 11) is 1.63. The van der Waals surface area contributed by atoms with E-state index in [1.807, 2.05) is 30.3 Å². The Bertz CT molecular complexity index is 923. The molecule has 1 saturated heterocycles. The Hall–Kier alpha value is -2.64. The van der Waals surface area contributed by atoms with E-state index in [0.717, 1.165) is 36.5 Å². The highest BCUT2D eigenvalue weighted by molar-refractivity contribution is 5.93. The molecule has 7 heteroatoms. The van der Waals surface area contributed by atoms with E-state index in [0.29, 0.717) is 38.1 Å². The topological polar surface area (TPSA) is 81.6 Å². The third-order valence-electron chi connectivity index (χ3n) is 5.69. The van der Waals surface area contributed by atoms with E-state index in [1.54, 1.807) is 17.7 Å². The molecule has 154 valence electrons. The lowest BCUT2D eigenvalue weighted by molar-refractivity contribution is 0.0948. The lowest BCUT2D eigenvalue weighted by atomic mass is 9.84. The Morgan fingerprint density at radius 1 is 1.17 bits per heavy atom. The van der Waals surface area contributed by atoms with Crippen LogP contribution in [-0.4, -0.2) is 43.9 Å². The molecule has 2 aromatic rings. The van der Waals surface area contributed by atoms with Crippen LogP contribution in [0.3, 0.4) is 0 Å². The lowest BCUT2D eigenvalue weighted by Crippen LogP contribution is -2.46. The van der Waals surface area contributed by atoms with E-state index < -0.39 is 0 Å². The third-order valence-corrected chi connectivity index (χ3v) is 5.69. The number of ether oxygens (including phenoxy) is 2. The van der Waals surface area contributed by atoms with Crippen LogP contribution < -0.4 is 20.9 Å². The Balaban J connectivity index is 1.40. The SMILES string of the molecule is COCCOc1ccc(CNC(=O)c2ccc3n(c2=O)C[C@@H]2CNC[C@H]3C2)cc1. The first-order valence-electron chi connectivity index (χ1n) is 10.1. The molecule has 2 aliphatic rings. The van der Waals surface area contributed by atoms with E-state index in [2.05, 4.69) is 10.6 Å². The van der Waals surface area contributed by atoms with Crippen molar-refractivity contribution >= 4 is 5.91 Å². The van der Waals surface area contributed by atoms with E-state index in [4.69, 9.17) is 9.47 Å². The summed E-state index contributed by atoms with van der Waals surface area (Å²) < 4.78 is 12.3. The minimum absolute atomic E-state index is 0.182. The Labute approximate surface area is 170 Å². The molecular formula is C22H27N3O4. The van der Waals surface area contributed by atoms with Gasteiger partial charge in [0.2, 0.25) is 0 Å². The Morgan fingerprint density at radius 2 is 2.00 bits per heavy atom. The van der Waals surface area contributed by atoms with Gasteiger partial charge in [0.25, 0.3) is 11.5 Å².